The topological polar surface area (TPSA) is 46.3 Å². The predicted octanol–water partition coefficient (Wildman–Crippen LogP) is 3.18. The molecule has 0 aliphatic heterocycles. The molecule has 4 bridgehead atoms. The number of carbonyl (C=O) groups is 1. The zero-order valence-electron chi connectivity index (χ0n) is 13.8. The summed E-state index contributed by atoms with van der Waals surface area (Å²) in [5.74, 6) is 2.96. The van der Waals surface area contributed by atoms with E-state index in [1.165, 1.54) is 38.5 Å². The van der Waals surface area contributed by atoms with Gasteiger partial charge >= 0.3 is 0 Å². The maximum absolute atomic E-state index is 13.4. The molecule has 0 radical (unpaired) electrons. The third-order valence-corrected chi connectivity index (χ3v) is 6.51. The van der Waals surface area contributed by atoms with Crippen LogP contribution in [0.4, 0.5) is 0 Å². The van der Waals surface area contributed by atoms with E-state index < -0.39 is 0 Å². The number of amides is 1. The van der Waals surface area contributed by atoms with Gasteiger partial charge in [0.2, 0.25) is 5.91 Å². The molecule has 0 aromatic rings. The summed E-state index contributed by atoms with van der Waals surface area (Å²) in [5.41, 5.74) is 5.80. The molecule has 0 spiro atoms. The average Bonchev–Trinajstić information content (AvgIpc) is 2.45. The molecule has 4 rings (SSSR count). The van der Waals surface area contributed by atoms with Gasteiger partial charge in [-0.15, -0.1) is 0 Å². The van der Waals surface area contributed by atoms with Crippen molar-refractivity contribution < 1.29 is 4.79 Å². The van der Waals surface area contributed by atoms with Gasteiger partial charge in [-0.05, 0) is 69.1 Å². The fourth-order valence-corrected chi connectivity index (χ4v) is 6.00. The quantitative estimate of drug-likeness (QED) is 0.817. The first-order chi connectivity index (χ1) is 10.1. The lowest BCUT2D eigenvalue weighted by atomic mass is 9.49. The van der Waals surface area contributed by atoms with Crippen LogP contribution in [0.5, 0.6) is 0 Å². The molecule has 0 atom stereocenters. The summed E-state index contributed by atoms with van der Waals surface area (Å²) in [6.45, 7) is 5.73. The van der Waals surface area contributed by atoms with Gasteiger partial charge in [0.05, 0.1) is 5.41 Å². The van der Waals surface area contributed by atoms with Crippen LogP contribution in [0.2, 0.25) is 0 Å². The van der Waals surface area contributed by atoms with Crippen molar-refractivity contribution >= 4 is 5.91 Å². The van der Waals surface area contributed by atoms with Crippen molar-refractivity contribution in [2.75, 3.05) is 13.1 Å². The monoisotopic (exact) mass is 292 g/mol. The molecule has 0 heterocycles. The number of nitrogens with zero attached hydrogens (tertiary/aromatic N) is 1. The third-order valence-electron chi connectivity index (χ3n) is 6.51. The van der Waals surface area contributed by atoms with E-state index in [1.54, 1.807) is 0 Å². The number of hydrogen-bond donors (Lipinski definition) is 1. The van der Waals surface area contributed by atoms with E-state index in [0.29, 0.717) is 18.5 Å². The second-order valence-electron chi connectivity index (χ2n) is 7.96. The lowest BCUT2D eigenvalue weighted by Gasteiger charge is -2.57. The zero-order chi connectivity index (χ0) is 15.0. The summed E-state index contributed by atoms with van der Waals surface area (Å²) in [5, 5.41) is 0. The van der Waals surface area contributed by atoms with Gasteiger partial charge in [0.15, 0.2) is 0 Å². The molecule has 120 valence electrons. The molecule has 4 aliphatic rings. The maximum Gasteiger partial charge on any atom is 0.229 e. The predicted molar refractivity (Wildman–Crippen MR) is 85.7 cm³/mol. The Morgan fingerprint density at radius 3 is 1.95 bits per heavy atom. The Kier molecular flexibility index (Phi) is 4.31. The number of hydrogen-bond acceptors (Lipinski definition) is 2. The molecule has 4 saturated carbocycles. The molecule has 2 N–H and O–H groups in total. The molecule has 3 nitrogen and oxygen atoms in total. The number of nitrogens with two attached hydrogens (primary N) is 1. The fourth-order valence-electron chi connectivity index (χ4n) is 6.00. The Hall–Kier alpha value is -0.570. The number of carbonyl (C=O) groups excluding carboxylic acids is 1. The van der Waals surface area contributed by atoms with Crippen LogP contribution < -0.4 is 5.73 Å². The molecule has 4 aliphatic carbocycles. The van der Waals surface area contributed by atoms with Crippen LogP contribution in [-0.4, -0.2) is 29.9 Å². The first kappa shape index (κ1) is 15.3. The van der Waals surface area contributed by atoms with E-state index in [2.05, 4.69) is 18.7 Å². The van der Waals surface area contributed by atoms with E-state index in [0.717, 1.165) is 37.1 Å². The normalized spacial score (nSPS) is 37.2. The largest absolute Gasteiger partial charge is 0.338 e. The van der Waals surface area contributed by atoms with Gasteiger partial charge < -0.3 is 10.6 Å². The van der Waals surface area contributed by atoms with Crippen molar-refractivity contribution in [2.45, 2.75) is 71.3 Å². The van der Waals surface area contributed by atoms with Crippen LogP contribution in [-0.2, 0) is 4.79 Å². The molecular weight excluding hydrogens is 260 g/mol. The highest BCUT2D eigenvalue weighted by molar-refractivity contribution is 5.83. The zero-order valence-corrected chi connectivity index (χ0v) is 13.8. The first-order valence-electron chi connectivity index (χ1n) is 9.13. The van der Waals surface area contributed by atoms with Gasteiger partial charge in [-0.1, -0.05) is 13.8 Å². The lowest BCUT2D eigenvalue weighted by molar-refractivity contribution is -0.160. The first-order valence-corrected chi connectivity index (χ1v) is 9.13. The fraction of sp³-hybridized carbons (Fsp3) is 0.944. The number of rotatable bonds is 6. The summed E-state index contributed by atoms with van der Waals surface area (Å²) >= 11 is 0. The summed E-state index contributed by atoms with van der Waals surface area (Å²) in [6.07, 6.45) is 9.79. The summed E-state index contributed by atoms with van der Waals surface area (Å²) in [7, 11) is 0. The molecule has 4 fully saturated rings. The Morgan fingerprint density at radius 1 is 1.10 bits per heavy atom. The van der Waals surface area contributed by atoms with Crippen LogP contribution in [0.1, 0.15) is 65.2 Å². The smallest absolute Gasteiger partial charge is 0.229 e. The maximum atomic E-state index is 13.4. The summed E-state index contributed by atoms with van der Waals surface area (Å²) < 4.78 is 0. The second kappa shape index (κ2) is 5.91. The average molecular weight is 292 g/mol. The van der Waals surface area contributed by atoms with Gasteiger partial charge in [0.25, 0.3) is 0 Å². The van der Waals surface area contributed by atoms with Crippen LogP contribution >= 0.6 is 0 Å². The van der Waals surface area contributed by atoms with Crippen molar-refractivity contribution in [3.63, 3.8) is 0 Å². The van der Waals surface area contributed by atoms with E-state index in [-0.39, 0.29) is 5.41 Å². The summed E-state index contributed by atoms with van der Waals surface area (Å²) in [4.78, 5) is 15.6. The molecule has 21 heavy (non-hydrogen) atoms. The Bertz CT molecular complexity index is 353. The molecule has 0 unspecified atom stereocenters. The van der Waals surface area contributed by atoms with Gasteiger partial charge in [-0.3, -0.25) is 4.79 Å². The van der Waals surface area contributed by atoms with Gasteiger partial charge in [-0.2, -0.15) is 0 Å². The van der Waals surface area contributed by atoms with Crippen molar-refractivity contribution in [1.82, 2.24) is 4.90 Å². The molecule has 0 saturated heterocycles. The van der Waals surface area contributed by atoms with Crippen LogP contribution in [0.15, 0.2) is 0 Å². The second-order valence-corrected chi connectivity index (χ2v) is 7.96. The van der Waals surface area contributed by atoms with E-state index in [9.17, 15) is 4.79 Å². The standard InChI is InChI=1S/C18H32N2O/c1-3-16(4-2)20(6-5-19)17(21)18-10-13-7-14(11-18)9-15(8-13)12-18/h13-16H,3-12,19H2,1-2H3. The molecule has 0 aromatic heterocycles. The highest BCUT2D eigenvalue weighted by Gasteiger charge is 2.55. The van der Waals surface area contributed by atoms with Crippen LogP contribution in [0.25, 0.3) is 0 Å². The SMILES string of the molecule is CCC(CC)N(CCN)C(=O)C12CC3CC(CC(C3)C1)C2. The Balaban J connectivity index is 1.82. The third kappa shape index (κ3) is 2.62. The molecule has 1 amide bonds. The van der Waals surface area contributed by atoms with Gasteiger partial charge in [0, 0.05) is 19.1 Å². The van der Waals surface area contributed by atoms with Gasteiger partial charge in [-0.25, -0.2) is 0 Å². The minimum absolute atomic E-state index is 0.00743. The van der Waals surface area contributed by atoms with Crippen molar-refractivity contribution in [2.24, 2.45) is 28.9 Å². The Morgan fingerprint density at radius 2 is 1.57 bits per heavy atom. The highest BCUT2D eigenvalue weighted by Crippen LogP contribution is 2.60. The van der Waals surface area contributed by atoms with E-state index >= 15 is 0 Å². The molecule has 3 heteroatoms. The van der Waals surface area contributed by atoms with Crippen molar-refractivity contribution in [3.05, 3.63) is 0 Å². The minimum Gasteiger partial charge on any atom is -0.338 e. The molecule has 0 aromatic carbocycles. The van der Waals surface area contributed by atoms with Crippen molar-refractivity contribution in [3.8, 4) is 0 Å². The van der Waals surface area contributed by atoms with Gasteiger partial charge in [0.1, 0.15) is 0 Å². The Labute approximate surface area is 129 Å². The highest BCUT2D eigenvalue weighted by atomic mass is 16.2. The van der Waals surface area contributed by atoms with Crippen molar-refractivity contribution in [1.29, 1.82) is 0 Å². The summed E-state index contributed by atoms with van der Waals surface area (Å²) in [6, 6.07) is 0.383. The van der Waals surface area contributed by atoms with E-state index in [4.69, 9.17) is 5.73 Å². The van der Waals surface area contributed by atoms with Crippen LogP contribution in [0.3, 0.4) is 0 Å². The minimum atomic E-state index is -0.00743. The van der Waals surface area contributed by atoms with Crippen LogP contribution in [0, 0.1) is 23.2 Å². The molecular formula is C18H32N2O. The van der Waals surface area contributed by atoms with E-state index in [1.807, 2.05) is 0 Å². The lowest BCUT2D eigenvalue weighted by Crippen LogP contribution is -2.57.